The van der Waals surface area contributed by atoms with E-state index < -0.39 is 17.5 Å². The lowest BCUT2D eigenvalue weighted by atomic mass is 10.1. The summed E-state index contributed by atoms with van der Waals surface area (Å²) < 4.78 is 13.4. The Balaban J connectivity index is 2.91. The molecule has 1 aromatic heterocycles. The van der Waals surface area contributed by atoms with Crippen LogP contribution in [0.4, 0.5) is 4.39 Å². The van der Waals surface area contributed by atoms with Crippen molar-refractivity contribution in [2.24, 2.45) is 0 Å². The van der Waals surface area contributed by atoms with Crippen molar-refractivity contribution in [3.63, 3.8) is 0 Å². The average Bonchev–Trinajstić information content (AvgIpc) is 2.59. The number of aromatic hydroxyl groups is 1. The van der Waals surface area contributed by atoms with Gasteiger partial charge in [0.2, 0.25) is 0 Å². The van der Waals surface area contributed by atoms with Gasteiger partial charge in [-0.15, -0.1) is 11.3 Å². The van der Waals surface area contributed by atoms with Gasteiger partial charge in [0.25, 0.3) is 0 Å². The van der Waals surface area contributed by atoms with Crippen LogP contribution >= 0.6 is 11.3 Å². The van der Waals surface area contributed by atoms with Gasteiger partial charge in [-0.1, -0.05) is 0 Å². The summed E-state index contributed by atoms with van der Waals surface area (Å²) in [5.74, 6) is -2.60. The summed E-state index contributed by atoms with van der Waals surface area (Å²) in [7, 11) is 0. The minimum atomic E-state index is -1.20. The van der Waals surface area contributed by atoms with E-state index in [0.29, 0.717) is 4.70 Å². The number of thiophene rings is 1. The van der Waals surface area contributed by atoms with Crippen LogP contribution in [-0.4, -0.2) is 16.2 Å². The Kier molecular flexibility index (Phi) is 1.89. The van der Waals surface area contributed by atoms with E-state index >= 15 is 0 Å². The average molecular weight is 212 g/mol. The number of carboxylic acids is 1. The molecule has 2 rings (SSSR count). The molecule has 0 bridgehead atoms. The summed E-state index contributed by atoms with van der Waals surface area (Å²) in [6.07, 6.45) is 0. The zero-order valence-electron chi connectivity index (χ0n) is 6.82. The summed E-state index contributed by atoms with van der Waals surface area (Å²) in [6.45, 7) is 0. The SMILES string of the molecule is O=C(O)c1cc(F)c(O)c2ccsc12. The number of hydrogen-bond donors (Lipinski definition) is 2. The van der Waals surface area contributed by atoms with Crippen LogP contribution in [0.2, 0.25) is 0 Å². The molecule has 0 aliphatic heterocycles. The van der Waals surface area contributed by atoms with E-state index in [2.05, 4.69) is 0 Å². The molecule has 0 aliphatic carbocycles. The van der Waals surface area contributed by atoms with Crippen molar-refractivity contribution in [1.29, 1.82) is 0 Å². The number of fused-ring (bicyclic) bond motifs is 1. The van der Waals surface area contributed by atoms with Crippen LogP contribution in [0.15, 0.2) is 17.5 Å². The van der Waals surface area contributed by atoms with Crippen molar-refractivity contribution >= 4 is 27.4 Å². The second-order valence-electron chi connectivity index (χ2n) is 2.72. The molecule has 0 amide bonds. The summed E-state index contributed by atoms with van der Waals surface area (Å²) >= 11 is 1.16. The molecule has 14 heavy (non-hydrogen) atoms. The van der Waals surface area contributed by atoms with E-state index in [9.17, 15) is 14.3 Å². The highest BCUT2D eigenvalue weighted by atomic mass is 32.1. The van der Waals surface area contributed by atoms with Crippen LogP contribution in [0.3, 0.4) is 0 Å². The maximum atomic E-state index is 13.0. The number of carbonyl (C=O) groups is 1. The van der Waals surface area contributed by atoms with E-state index in [1.807, 2.05) is 0 Å². The number of hydrogen-bond acceptors (Lipinski definition) is 3. The van der Waals surface area contributed by atoms with E-state index in [1.165, 1.54) is 6.07 Å². The highest BCUT2D eigenvalue weighted by molar-refractivity contribution is 7.17. The third-order valence-electron chi connectivity index (χ3n) is 1.89. The number of aromatic carboxylic acids is 1. The van der Waals surface area contributed by atoms with Crippen molar-refractivity contribution in [2.45, 2.75) is 0 Å². The van der Waals surface area contributed by atoms with Crippen LogP contribution in [-0.2, 0) is 0 Å². The molecular formula is C9H5FO3S. The quantitative estimate of drug-likeness (QED) is 0.763. The zero-order valence-corrected chi connectivity index (χ0v) is 7.64. The summed E-state index contributed by atoms with van der Waals surface area (Å²) in [5, 5.41) is 19.9. The predicted molar refractivity (Wildman–Crippen MR) is 50.4 cm³/mol. The molecule has 0 atom stereocenters. The predicted octanol–water partition coefficient (Wildman–Crippen LogP) is 2.44. The fraction of sp³-hybridized carbons (Fsp3) is 0. The standard InChI is InChI=1S/C9H5FO3S/c10-6-3-5(9(12)13)8-4(7(6)11)1-2-14-8/h1-3,11H,(H,12,13). The smallest absolute Gasteiger partial charge is 0.337 e. The van der Waals surface area contributed by atoms with Gasteiger partial charge in [0.15, 0.2) is 11.6 Å². The van der Waals surface area contributed by atoms with Crippen molar-refractivity contribution in [1.82, 2.24) is 0 Å². The first-order chi connectivity index (χ1) is 6.61. The molecule has 2 N–H and O–H groups in total. The van der Waals surface area contributed by atoms with Gasteiger partial charge in [-0.2, -0.15) is 0 Å². The van der Waals surface area contributed by atoms with E-state index in [0.717, 1.165) is 17.4 Å². The Morgan fingerprint density at radius 3 is 2.86 bits per heavy atom. The molecule has 0 fully saturated rings. The second kappa shape index (κ2) is 2.95. The Morgan fingerprint density at radius 1 is 1.50 bits per heavy atom. The van der Waals surface area contributed by atoms with Gasteiger partial charge < -0.3 is 10.2 Å². The second-order valence-corrected chi connectivity index (χ2v) is 3.64. The fourth-order valence-corrected chi connectivity index (χ4v) is 2.16. The molecule has 2 aromatic rings. The lowest BCUT2D eigenvalue weighted by Crippen LogP contribution is -1.97. The number of carboxylic acid groups (broad SMARTS) is 1. The van der Waals surface area contributed by atoms with Crippen molar-refractivity contribution < 1.29 is 19.4 Å². The molecule has 0 saturated carbocycles. The molecule has 1 heterocycles. The number of benzene rings is 1. The number of rotatable bonds is 1. The Bertz CT molecular complexity index is 518. The van der Waals surface area contributed by atoms with Crippen LogP contribution in [0, 0.1) is 5.82 Å². The largest absolute Gasteiger partial charge is 0.504 e. The van der Waals surface area contributed by atoms with Gasteiger partial charge in [-0.05, 0) is 17.5 Å². The highest BCUT2D eigenvalue weighted by Crippen LogP contribution is 2.34. The van der Waals surface area contributed by atoms with Gasteiger partial charge in [0.1, 0.15) is 0 Å². The molecule has 0 unspecified atom stereocenters. The summed E-state index contributed by atoms with van der Waals surface area (Å²) in [6, 6.07) is 2.32. The van der Waals surface area contributed by atoms with Gasteiger partial charge in [-0.25, -0.2) is 9.18 Å². The van der Waals surface area contributed by atoms with Gasteiger partial charge in [-0.3, -0.25) is 0 Å². The Hall–Kier alpha value is -1.62. The van der Waals surface area contributed by atoms with Crippen molar-refractivity contribution in [3.8, 4) is 5.75 Å². The molecule has 0 spiro atoms. The first-order valence-corrected chi connectivity index (χ1v) is 4.61. The first kappa shape index (κ1) is 8.96. The Morgan fingerprint density at radius 2 is 2.21 bits per heavy atom. The Labute approximate surface area is 82.0 Å². The van der Waals surface area contributed by atoms with E-state index in [-0.39, 0.29) is 10.9 Å². The third-order valence-corrected chi connectivity index (χ3v) is 2.84. The molecule has 0 saturated heterocycles. The molecular weight excluding hydrogens is 207 g/mol. The molecule has 72 valence electrons. The topological polar surface area (TPSA) is 57.5 Å². The van der Waals surface area contributed by atoms with Gasteiger partial charge in [0.05, 0.1) is 10.3 Å². The first-order valence-electron chi connectivity index (χ1n) is 3.73. The van der Waals surface area contributed by atoms with Gasteiger partial charge in [0, 0.05) is 5.39 Å². The van der Waals surface area contributed by atoms with Crippen LogP contribution < -0.4 is 0 Å². The summed E-state index contributed by atoms with van der Waals surface area (Å²) in [4.78, 5) is 10.7. The van der Waals surface area contributed by atoms with Crippen molar-refractivity contribution in [2.75, 3.05) is 0 Å². The lowest BCUT2D eigenvalue weighted by molar-refractivity contribution is 0.0698. The van der Waals surface area contributed by atoms with E-state index in [1.54, 1.807) is 5.38 Å². The minimum Gasteiger partial charge on any atom is -0.504 e. The lowest BCUT2D eigenvalue weighted by Gasteiger charge is -2.00. The highest BCUT2D eigenvalue weighted by Gasteiger charge is 2.16. The fourth-order valence-electron chi connectivity index (χ4n) is 1.25. The van der Waals surface area contributed by atoms with Crippen LogP contribution in [0.5, 0.6) is 5.75 Å². The van der Waals surface area contributed by atoms with Gasteiger partial charge >= 0.3 is 5.97 Å². The molecule has 1 aromatic carbocycles. The number of phenolic OH excluding ortho intramolecular Hbond substituents is 1. The third kappa shape index (κ3) is 1.13. The minimum absolute atomic E-state index is 0.120. The number of phenols is 1. The molecule has 0 radical (unpaired) electrons. The van der Waals surface area contributed by atoms with E-state index in [4.69, 9.17) is 5.11 Å². The van der Waals surface area contributed by atoms with Crippen molar-refractivity contribution in [3.05, 3.63) is 28.9 Å². The number of halogens is 1. The zero-order chi connectivity index (χ0) is 10.3. The monoisotopic (exact) mass is 212 g/mol. The normalized spacial score (nSPS) is 10.6. The molecule has 3 nitrogen and oxygen atoms in total. The van der Waals surface area contributed by atoms with Crippen LogP contribution in [0.25, 0.3) is 10.1 Å². The maximum absolute atomic E-state index is 13.0. The molecule has 0 aliphatic rings. The maximum Gasteiger partial charge on any atom is 0.337 e. The molecule has 5 heteroatoms. The van der Waals surface area contributed by atoms with Crippen LogP contribution in [0.1, 0.15) is 10.4 Å². The summed E-state index contributed by atoms with van der Waals surface area (Å²) in [5.41, 5.74) is -0.120.